The lowest BCUT2D eigenvalue weighted by molar-refractivity contribution is 0.586. The van der Waals surface area contributed by atoms with E-state index in [2.05, 4.69) is 9.97 Å². The lowest BCUT2D eigenvalue weighted by atomic mass is 10.3. The largest absolute Gasteiger partial charge is 0.360 e. The standard InChI is InChI=1S/C7H4ClFN2/c8-5-3-10-6-1-7(9)11-2-4(5)6/h1-3,10H. The van der Waals surface area contributed by atoms with Gasteiger partial charge in [-0.15, -0.1) is 0 Å². The molecule has 0 saturated carbocycles. The zero-order valence-corrected chi connectivity index (χ0v) is 6.19. The predicted octanol–water partition coefficient (Wildman–Crippen LogP) is 2.36. The molecule has 0 bridgehead atoms. The second-order valence-corrected chi connectivity index (χ2v) is 2.60. The topological polar surface area (TPSA) is 28.7 Å². The third-order valence-electron chi connectivity index (χ3n) is 1.48. The van der Waals surface area contributed by atoms with Gasteiger partial charge in [-0.3, -0.25) is 0 Å². The second-order valence-electron chi connectivity index (χ2n) is 2.19. The molecule has 0 unspecified atom stereocenters. The van der Waals surface area contributed by atoms with E-state index in [9.17, 15) is 4.39 Å². The third kappa shape index (κ3) is 0.973. The number of aromatic amines is 1. The van der Waals surface area contributed by atoms with Gasteiger partial charge in [-0.05, 0) is 0 Å². The highest BCUT2D eigenvalue weighted by Crippen LogP contribution is 2.21. The minimum absolute atomic E-state index is 0.504. The number of nitrogens with zero attached hydrogens (tertiary/aromatic N) is 1. The van der Waals surface area contributed by atoms with E-state index in [4.69, 9.17) is 11.6 Å². The molecule has 2 aromatic heterocycles. The zero-order valence-electron chi connectivity index (χ0n) is 5.44. The van der Waals surface area contributed by atoms with Gasteiger partial charge in [0.15, 0.2) is 0 Å². The predicted molar refractivity (Wildman–Crippen MR) is 41.1 cm³/mol. The minimum atomic E-state index is -0.504. The number of aromatic nitrogens is 2. The molecule has 0 saturated heterocycles. The van der Waals surface area contributed by atoms with E-state index in [1.54, 1.807) is 6.20 Å². The molecule has 2 nitrogen and oxygen atoms in total. The number of hydrogen-bond acceptors (Lipinski definition) is 1. The van der Waals surface area contributed by atoms with Crippen LogP contribution in [0.3, 0.4) is 0 Å². The van der Waals surface area contributed by atoms with Crippen LogP contribution in [-0.4, -0.2) is 9.97 Å². The van der Waals surface area contributed by atoms with Crippen LogP contribution in [0.25, 0.3) is 10.9 Å². The molecule has 0 fully saturated rings. The van der Waals surface area contributed by atoms with Gasteiger partial charge in [0.2, 0.25) is 5.95 Å². The fraction of sp³-hybridized carbons (Fsp3) is 0. The van der Waals surface area contributed by atoms with Crippen molar-refractivity contribution in [3.05, 3.63) is 29.4 Å². The van der Waals surface area contributed by atoms with Gasteiger partial charge in [0.25, 0.3) is 0 Å². The summed E-state index contributed by atoms with van der Waals surface area (Å²) in [5, 5.41) is 1.31. The molecule has 0 aromatic carbocycles. The van der Waals surface area contributed by atoms with Crippen LogP contribution in [-0.2, 0) is 0 Å². The molecule has 2 rings (SSSR count). The summed E-state index contributed by atoms with van der Waals surface area (Å²) >= 11 is 5.73. The first-order valence-corrected chi connectivity index (χ1v) is 3.43. The minimum Gasteiger partial charge on any atom is -0.360 e. The Balaban J connectivity index is 2.86. The molecule has 0 spiro atoms. The Morgan fingerprint density at radius 2 is 2.36 bits per heavy atom. The molecule has 56 valence electrons. The van der Waals surface area contributed by atoms with Crippen molar-refractivity contribution in [2.24, 2.45) is 0 Å². The van der Waals surface area contributed by atoms with Crippen molar-refractivity contribution in [2.75, 3.05) is 0 Å². The Labute approximate surface area is 67.0 Å². The van der Waals surface area contributed by atoms with E-state index < -0.39 is 5.95 Å². The number of hydrogen-bond donors (Lipinski definition) is 1. The van der Waals surface area contributed by atoms with Crippen LogP contribution in [0.4, 0.5) is 4.39 Å². The van der Waals surface area contributed by atoms with Crippen molar-refractivity contribution in [1.29, 1.82) is 0 Å². The Kier molecular flexibility index (Phi) is 1.32. The molecular weight excluding hydrogens is 167 g/mol. The lowest BCUT2D eigenvalue weighted by Gasteiger charge is -1.88. The van der Waals surface area contributed by atoms with Crippen LogP contribution in [0, 0.1) is 5.95 Å². The highest BCUT2D eigenvalue weighted by atomic mass is 35.5. The molecule has 0 amide bonds. The maximum absolute atomic E-state index is 12.5. The normalized spacial score (nSPS) is 10.7. The summed E-state index contributed by atoms with van der Waals surface area (Å²) in [5.74, 6) is -0.504. The number of rotatable bonds is 0. The third-order valence-corrected chi connectivity index (χ3v) is 1.79. The van der Waals surface area contributed by atoms with E-state index >= 15 is 0 Å². The molecule has 11 heavy (non-hydrogen) atoms. The van der Waals surface area contributed by atoms with Crippen molar-refractivity contribution in [3.63, 3.8) is 0 Å². The van der Waals surface area contributed by atoms with E-state index in [1.165, 1.54) is 12.3 Å². The number of nitrogens with one attached hydrogen (secondary N) is 1. The highest BCUT2D eigenvalue weighted by molar-refractivity contribution is 6.35. The van der Waals surface area contributed by atoms with E-state index in [0.29, 0.717) is 10.5 Å². The maximum Gasteiger partial charge on any atom is 0.214 e. The van der Waals surface area contributed by atoms with Crippen molar-refractivity contribution in [1.82, 2.24) is 9.97 Å². The Bertz CT molecular complexity index is 396. The Morgan fingerprint density at radius 1 is 1.55 bits per heavy atom. The summed E-state index contributed by atoms with van der Waals surface area (Å²) in [4.78, 5) is 6.29. The zero-order chi connectivity index (χ0) is 7.84. The van der Waals surface area contributed by atoms with Crippen molar-refractivity contribution >= 4 is 22.5 Å². The fourth-order valence-corrected chi connectivity index (χ4v) is 1.16. The molecule has 2 aromatic rings. The summed E-state index contributed by atoms with van der Waals surface area (Å²) in [6.45, 7) is 0. The molecule has 0 aliphatic heterocycles. The van der Waals surface area contributed by atoms with Gasteiger partial charge in [0.1, 0.15) is 0 Å². The van der Waals surface area contributed by atoms with Crippen LogP contribution >= 0.6 is 11.6 Å². The van der Waals surface area contributed by atoms with Gasteiger partial charge < -0.3 is 4.98 Å². The van der Waals surface area contributed by atoms with Gasteiger partial charge in [-0.25, -0.2) is 4.98 Å². The number of fused-ring (bicyclic) bond motifs is 1. The number of H-pyrrole nitrogens is 1. The first-order valence-electron chi connectivity index (χ1n) is 3.05. The summed E-state index contributed by atoms with van der Waals surface area (Å²) in [6.07, 6.45) is 3.01. The number of halogens is 2. The van der Waals surface area contributed by atoms with Crippen LogP contribution in [0.15, 0.2) is 18.5 Å². The summed E-state index contributed by atoms with van der Waals surface area (Å²) in [5.41, 5.74) is 0.669. The van der Waals surface area contributed by atoms with Crippen molar-refractivity contribution < 1.29 is 4.39 Å². The van der Waals surface area contributed by atoms with Gasteiger partial charge in [0.05, 0.1) is 10.5 Å². The SMILES string of the molecule is Fc1cc2[nH]cc(Cl)c2cn1. The van der Waals surface area contributed by atoms with Crippen LogP contribution in [0.5, 0.6) is 0 Å². The first-order chi connectivity index (χ1) is 5.27. The number of pyridine rings is 1. The molecule has 2 heterocycles. The van der Waals surface area contributed by atoms with Gasteiger partial charge in [0, 0.05) is 23.8 Å². The fourth-order valence-electron chi connectivity index (χ4n) is 0.958. The van der Waals surface area contributed by atoms with Crippen LogP contribution < -0.4 is 0 Å². The molecule has 0 aliphatic carbocycles. The van der Waals surface area contributed by atoms with Gasteiger partial charge >= 0.3 is 0 Å². The summed E-state index contributed by atoms with van der Waals surface area (Å²) in [7, 11) is 0. The average molecular weight is 171 g/mol. The summed E-state index contributed by atoms with van der Waals surface area (Å²) < 4.78 is 12.5. The molecular formula is C7H4ClFN2. The molecule has 0 aliphatic rings. The van der Waals surface area contributed by atoms with Crippen molar-refractivity contribution in [2.45, 2.75) is 0 Å². The smallest absolute Gasteiger partial charge is 0.214 e. The first kappa shape index (κ1) is 6.61. The van der Waals surface area contributed by atoms with Crippen LogP contribution in [0.2, 0.25) is 5.02 Å². The quantitative estimate of drug-likeness (QED) is 0.604. The molecule has 1 N–H and O–H groups in total. The van der Waals surface area contributed by atoms with E-state index in [1.807, 2.05) is 0 Å². The van der Waals surface area contributed by atoms with E-state index in [-0.39, 0.29) is 0 Å². The molecule has 0 radical (unpaired) electrons. The highest BCUT2D eigenvalue weighted by Gasteiger charge is 2.01. The Morgan fingerprint density at radius 3 is 3.18 bits per heavy atom. The second kappa shape index (κ2) is 2.20. The van der Waals surface area contributed by atoms with Crippen molar-refractivity contribution in [3.8, 4) is 0 Å². The lowest BCUT2D eigenvalue weighted by Crippen LogP contribution is -1.79. The van der Waals surface area contributed by atoms with Crippen LogP contribution in [0.1, 0.15) is 0 Å². The molecule has 0 atom stereocenters. The molecule has 4 heteroatoms. The van der Waals surface area contributed by atoms with Gasteiger partial charge in [-0.1, -0.05) is 11.6 Å². The average Bonchev–Trinajstić information content (AvgIpc) is 2.32. The maximum atomic E-state index is 12.5. The monoisotopic (exact) mass is 170 g/mol. The van der Waals surface area contributed by atoms with Gasteiger partial charge in [-0.2, -0.15) is 4.39 Å². The Hall–Kier alpha value is -1.09. The summed E-state index contributed by atoms with van der Waals surface area (Å²) in [6, 6.07) is 1.31. The van der Waals surface area contributed by atoms with E-state index in [0.717, 1.165) is 5.39 Å².